The lowest BCUT2D eigenvalue weighted by atomic mass is 9.99. The van der Waals surface area contributed by atoms with Gasteiger partial charge in [-0.2, -0.15) is 0 Å². The zero-order valence-corrected chi connectivity index (χ0v) is 13.2. The van der Waals surface area contributed by atoms with Crippen LogP contribution in [0.5, 0.6) is 0 Å². The minimum Gasteiger partial charge on any atom is -0.298 e. The van der Waals surface area contributed by atoms with Gasteiger partial charge >= 0.3 is 0 Å². The van der Waals surface area contributed by atoms with Gasteiger partial charge < -0.3 is 0 Å². The molecule has 0 bridgehead atoms. The molecule has 21 heavy (non-hydrogen) atoms. The Hall–Kier alpha value is -1.40. The van der Waals surface area contributed by atoms with Gasteiger partial charge in [0, 0.05) is 13.0 Å². The minimum atomic E-state index is -0.0715. The molecule has 1 fully saturated rings. The van der Waals surface area contributed by atoms with Crippen LogP contribution >= 0.6 is 23.1 Å². The van der Waals surface area contributed by atoms with Crippen molar-refractivity contribution >= 4 is 39.1 Å². The predicted molar refractivity (Wildman–Crippen MR) is 87.2 cm³/mol. The summed E-state index contributed by atoms with van der Waals surface area (Å²) in [4.78, 5) is 29.1. The first kappa shape index (κ1) is 14.5. The van der Waals surface area contributed by atoms with Gasteiger partial charge in [-0.1, -0.05) is 24.3 Å². The average molecular weight is 320 g/mol. The van der Waals surface area contributed by atoms with Gasteiger partial charge in [0.15, 0.2) is 5.16 Å². The van der Waals surface area contributed by atoms with Crippen molar-refractivity contribution in [2.24, 2.45) is 0 Å². The largest absolute Gasteiger partial charge is 0.298 e. The molecule has 3 rings (SSSR count). The third-order valence-corrected chi connectivity index (χ3v) is 5.79. The van der Waals surface area contributed by atoms with E-state index in [9.17, 15) is 9.59 Å². The number of fused-ring (bicyclic) bond motifs is 1. The molecule has 2 heterocycles. The van der Waals surface area contributed by atoms with E-state index in [0.717, 1.165) is 24.8 Å². The second kappa shape index (κ2) is 6.15. The molecule has 2 aromatic rings. The van der Waals surface area contributed by atoms with E-state index in [1.54, 1.807) is 10.6 Å². The number of carbonyl (C=O) groups excluding carboxylic acids is 1. The molecule has 0 aromatic carbocycles. The fourth-order valence-electron chi connectivity index (χ4n) is 2.51. The van der Waals surface area contributed by atoms with Crippen molar-refractivity contribution in [3.8, 4) is 0 Å². The van der Waals surface area contributed by atoms with E-state index in [1.165, 1.54) is 23.1 Å². The number of nitrogens with zero attached hydrogens (tertiary/aromatic N) is 2. The quantitative estimate of drug-likeness (QED) is 0.641. The summed E-state index contributed by atoms with van der Waals surface area (Å²) < 4.78 is 2.29. The topological polar surface area (TPSA) is 52.0 Å². The molecule has 1 aliphatic carbocycles. The SMILES string of the molecule is C=CCn1c(SC2CCCCC2=O)nc2ccsc2c1=O. The van der Waals surface area contributed by atoms with Gasteiger partial charge in [0.25, 0.3) is 5.56 Å². The van der Waals surface area contributed by atoms with Crippen LogP contribution in [0.15, 0.2) is 34.1 Å². The molecular weight excluding hydrogens is 304 g/mol. The maximum Gasteiger partial charge on any atom is 0.272 e. The fourth-order valence-corrected chi connectivity index (χ4v) is 4.51. The number of ketones is 1. The number of thioether (sulfide) groups is 1. The van der Waals surface area contributed by atoms with Crippen molar-refractivity contribution in [2.75, 3.05) is 0 Å². The first-order valence-electron chi connectivity index (χ1n) is 6.99. The molecule has 4 nitrogen and oxygen atoms in total. The van der Waals surface area contributed by atoms with Crippen LogP contribution in [0.2, 0.25) is 0 Å². The Kier molecular flexibility index (Phi) is 4.26. The second-order valence-electron chi connectivity index (χ2n) is 5.05. The summed E-state index contributed by atoms with van der Waals surface area (Å²) in [5.74, 6) is 0.274. The van der Waals surface area contributed by atoms with Gasteiger partial charge in [-0.05, 0) is 24.3 Å². The van der Waals surface area contributed by atoms with E-state index in [-0.39, 0.29) is 16.6 Å². The number of rotatable bonds is 4. The van der Waals surface area contributed by atoms with Crippen LogP contribution in [0.4, 0.5) is 0 Å². The number of hydrogen-bond donors (Lipinski definition) is 0. The van der Waals surface area contributed by atoms with Gasteiger partial charge in [-0.25, -0.2) is 4.98 Å². The molecule has 1 saturated carbocycles. The molecule has 0 spiro atoms. The van der Waals surface area contributed by atoms with E-state index >= 15 is 0 Å². The van der Waals surface area contributed by atoms with Crippen LogP contribution in [0.3, 0.4) is 0 Å². The Morgan fingerprint density at radius 2 is 2.33 bits per heavy atom. The number of hydrogen-bond acceptors (Lipinski definition) is 5. The Labute approximate surface area is 130 Å². The van der Waals surface area contributed by atoms with Crippen molar-refractivity contribution in [3.63, 3.8) is 0 Å². The normalized spacial score (nSPS) is 19.0. The zero-order valence-electron chi connectivity index (χ0n) is 11.6. The molecule has 0 radical (unpaired) electrons. The predicted octanol–water partition coefficient (Wildman–Crippen LogP) is 3.25. The van der Waals surface area contributed by atoms with E-state index in [4.69, 9.17) is 0 Å². The van der Waals surface area contributed by atoms with E-state index in [1.807, 2.05) is 11.4 Å². The van der Waals surface area contributed by atoms with Gasteiger partial charge in [0.2, 0.25) is 0 Å². The van der Waals surface area contributed by atoms with Crippen molar-refractivity contribution in [3.05, 3.63) is 34.5 Å². The first-order chi connectivity index (χ1) is 10.2. The molecule has 1 atom stereocenters. The Bertz CT molecular complexity index is 748. The number of carbonyl (C=O) groups is 1. The highest BCUT2D eigenvalue weighted by molar-refractivity contribution is 8.00. The maximum absolute atomic E-state index is 12.5. The molecule has 6 heteroatoms. The highest BCUT2D eigenvalue weighted by atomic mass is 32.2. The molecule has 1 aliphatic rings. The highest BCUT2D eigenvalue weighted by Gasteiger charge is 2.25. The molecule has 0 saturated heterocycles. The summed E-state index contributed by atoms with van der Waals surface area (Å²) in [5.41, 5.74) is 0.678. The number of Topliss-reactive ketones (excluding diaryl/α,β-unsaturated/α-hetero) is 1. The average Bonchev–Trinajstić information content (AvgIpc) is 2.94. The second-order valence-corrected chi connectivity index (χ2v) is 7.14. The van der Waals surface area contributed by atoms with Crippen LogP contribution < -0.4 is 5.56 Å². The zero-order chi connectivity index (χ0) is 14.8. The van der Waals surface area contributed by atoms with E-state index < -0.39 is 0 Å². The number of thiophene rings is 1. The smallest absolute Gasteiger partial charge is 0.272 e. The molecule has 0 amide bonds. The molecular formula is C15H16N2O2S2. The Morgan fingerprint density at radius 3 is 3.10 bits per heavy atom. The maximum atomic E-state index is 12.5. The van der Waals surface area contributed by atoms with Gasteiger partial charge in [-0.15, -0.1) is 17.9 Å². The molecule has 0 N–H and O–H groups in total. The van der Waals surface area contributed by atoms with Gasteiger partial charge in [0.05, 0.1) is 10.8 Å². The van der Waals surface area contributed by atoms with Crippen molar-refractivity contribution < 1.29 is 4.79 Å². The minimum absolute atomic E-state index is 0.0411. The lowest BCUT2D eigenvalue weighted by Crippen LogP contribution is -2.26. The van der Waals surface area contributed by atoms with Crippen LogP contribution in [-0.2, 0) is 11.3 Å². The molecule has 2 aromatic heterocycles. The lowest BCUT2D eigenvalue weighted by Gasteiger charge is -2.20. The third-order valence-electron chi connectivity index (χ3n) is 3.59. The van der Waals surface area contributed by atoms with Crippen molar-refractivity contribution in [1.29, 1.82) is 0 Å². The molecule has 0 aliphatic heterocycles. The van der Waals surface area contributed by atoms with Crippen LogP contribution in [0, 0.1) is 0 Å². The summed E-state index contributed by atoms with van der Waals surface area (Å²) in [6, 6.07) is 1.85. The Balaban J connectivity index is 2.03. The van der Waals surface area contributed by atoms with Crippen LogP contribution in [-0.4, -0.2) is 20.6 Å². The molecule has 1 unspecified atom stereocenters. The van der Waals surface area contributed by atoms with Crippen LogP contribution in [0.25, 0.3) is 10.2 Å². The number of allylic oxidation sites excluding steroid dienone is 1. The third kappa shape index (κ3) is 2.82. The standard InChI is InChI=1S/C15H16N2O2S2/c1-2-8-17-14(19)13-10(7-9-20-13)16-15(17)21-12-6-4-3-5-11(12)18/h2,7,9,12H,1,3-6,8H2. The van der Waals surface area contributed by atoms with Crippen molar-refractivity contribution in [2.45, 2.75) is 42.6 Å². The summed E-state index contributed by atoms with van der Waals surface area (Å²) >= 11 is 2.83. The monoisotopic (exact) mass is 320 g/mol. The summed E-state index contributed by atoms with van der Waals surface area (Å²) in [5, 5.41) is 2.43. The van der Waals surface area contributed by atoms with Gasteiger partial charge in [0.1, 0.15) is 10.5 Å². The Morgan fingerprint density at radius 1 is 1.48 bits per heavy atom. The van der Waals surface area contributed by atoms with Crippen molar-refractivity contribution in [1.82, 2.24) is 9.55 Å². The van der Waals surface area contributed by atoms with E-state index in [0.29, 0.717) is 22.8 Å². The molecule has 110 valence electrons. The lowest BCUT2D eigenvalue weighted by molar-refractivity contribution is -0.119. The van der Waals surface area contributed by atoms with Gasteiger partial charge in [-0.3, -0.25) is 14.2 Å². The fraction of sp³-hybridized carbons (Fsp3) is 0.400. The summed E-state index contributed by atoms with van der Waals surface area (Å²) in [6.45, 7) is 4.13. The summed E-state index contributed by atoms with van der Waals surface area (Å²) in [6.07, 6.45) is 5.25. The highest BCUT2D eigenvalue weighted by Crippen LogP contribution is 2.31. The summed E-state index contributed by atoms with van der Waals surface area (Å²) in [7, 11) is 0. The van der Waals surface area contributed by atoms with E-state index in [2.05, 4.69) is 11.6 Å². The number of aromatic nitrogens is 2. The first-order valence-corrected chi connectivity index (χ1v) is 8.75. The van der Waals surface area contributed by atoms with Crippen LogP contribution in [0.1, 0.15) is 25.7 Å².